The quantitative estimate of drug-likeness (QED) is 0.140. The van der Waals surface area contributed by atoms with Crippen molar-refractivity contribution in [3.05, 3.63) is 295 Å². The fourth-order valence-corrected chi connectivity index (χ4v) is 10.6. The molecule has 0 atom stereocenters. The molecule has 0 spiro atoms. The van der Waals surface area contributed by atoms with Crippen LogP contribution in [-0.2, 0) is 5.41 Å². The lowest BCUT2D eigenvalue weighted by Gasteiger charge is -2.35. The predicted octanol–water partition coefficient (Wildman–Crippen LogP) is 17.3. The molecule has 12 rings (SSSR count). The Morgan fingerprint density at radius 3 is 1.44 bits per heavy atom. The minimum atomic E-state index is -0.523. The van der Waals surface area contributed by atoms with E-state index >= 15 is 0 Å². The van der Waals surface area contributed by atoms with Crippen molar-refractivity contribution in [2.45, 2.75) is 5.41 Å². The molecule has 0 aliphatic heterocycles. The average Bonchev–Trinajstić information content (AvgIpc) is 3.70. The SMILES string of the molecule is c1ccc(-c2ccc(-c3c(-c4ccc(N(c5ccc6c(c5)C(c5ccccc5)(c5ccccc5)c5ccccc5-6)c5ccccc5-c5ccccc5)cc4)ccc4ccccc34)cc2)cc1. The molecule has 0 aromatic heterocycles. The van der Waals surface area contributed by atoms with Crippen molar-refractivity contribution >= 4 is 27.8 Å². The van der Waals surface area contributed by atoms with Gasteiger partial charge in [-0.25, -0.2) is 0 Å². The molecule has 1 aliphatic rings. The lowest BCUT2D eigenvalue weighted by molar-refractivity contribution is 0.768. The Kier molecular flexibility index (Phi) is 9.81. The van der Waals surface area contributed by atoms with Gasteiger partial charge < -0.3 is 4.90 Å². The zero-order valence-electron chi connectivity index (χ0n) is 36.4. The van der Waals surface area contributed by atoms with Crippen LogP contribution in [0.1, 0.15) is 22.3 Å². The normalized spacial score (nSPS) is 12.4. The number of para-hydroxylation sites is 1. The summed E-state index contributed by atoms with van der Waals surface area (Å²) in [7, 11) is 0. The summed E-state index contributed by atoms with van der Waals surface area (Å²) < 4.78 is 0. The maximum Gasteiger partial charge on any atom is 0.0714 e. The Morgan fingerprint density at radius 1 is 0.273 bits per heavy atom. The lowest BCUT2D eigenvalue weighted by Crippen LogP contribution is -2.28. The molecule has 0 radical (unpaired) electrons. The van der Waals surface area contributed by atoms with E-state index in [1.165, 1.54) is 88.7 Å². The molecule has 0 fully saturated rings. The number of hydrogen-bond acceptors (Lipinski definition) is 1. The first-order chi connectivity index (χ1) is 32.8. The van der Waals surface area contributed by atoms with Crippen molar-refractivity contribution in [3.63, 3.8) is 0 Å². The summed E-state index contributed by atoms with van der Waals surface area (Å²) in [5.74, 6) is 0. The van der Waals surface area contributed by atoms with Gasteiger partial charge in [0.1, 0.15) is 0 Å². The second-order valence-electron chi connectivity index (χ2n) is 17.2. The molecule has 0 heterocycles. The molecule has 11 aromatic rings. The van der Waals surface area contributed by atoms with Gasteiger partial charge in [0.05, 0.1) is 11.1 Å². The van der Waals surface area contributed by atoms with Gasteiger partial charge in [-0.1, -0.05) is 243 Å². The molecule has 0 N–H and O–H groups in total. The van der Waals surface area contributed by atoms with Crippen LogP contribution in [0.4, 0.5) is 17.1 Å². The van der Waals surface area contributed by atoms with Gasteiger partial charge >= 0.3 is 0 Å². The van der Waals surface area contributed by atoms with Gasteiger partial charge in [0, 0.05) is 16.9 Å². The van der Waals surface area contributed by atoms with Crippen molar-refractivity contribution in [1.29, 1.82) is 0 Å². The van der Waals surface area contributed by atoms with Crippen molar-refractivity contribution in [2.75, 3.05) is 4.90 Å². The largest absolute Gasteiger partial charge is 0.310 e. The first-order valence-corrected chi connectivity index (χ1v) is 22.8. The second-order valence-corrected chi connectivity index (χ2v) is 17.2. The van der Waals surface area contributed by atoms with Crippen molar-refractivity contribution < 1.29 is 0 Å². The van der Waals surface area contributed by atoms with Gasteiger partial charge in [-0.2, -0.15) is 0 Å². The highest BCUT2D eigenvalue weighted by atomic mass is 15.1. The molecule has 310 valence electrons. The first kappa shape index (κ1) is 39.1. The number of anilines is 3. The zero-order chi connectivity index (χ0) is 43.9. The Hall–Kier alpha value is -8.52. The van der Waals surface area contributed by atoms with Gasteiger partial charge in [0.15, 0.2) is 0 Å². The van der Waals surface area contributed by atoms with E-state index in [-0.39, 0.29) is 0 Å². The zero-order valence-corrected chi connectivity index (χ0v) is 36.4. The molecule has 66 heavy (non-hydrogen) atoms. The number of nitrogens with zero attached hydrogens (tertiary/aromatic N) is 1. The van der Waals surface area contributed by atoms with E-state index in [1.807, 2.05) is 0 Å². The highest BCUT2D eigenvalue weighted by Crippen LogP contribution is 2.57. The maximum absolute atomic E-state index is 2.46. The molecular formula is C65H45N. The van der Waals surface area contributed by atoms with Gasteiger partial charge in [-0.15, -0.1) is 0 Å². The molecule has 1 heteroatoms. The summed E-state index contributed by atoms with van der Waals surface area (Å²) in [6, 6.07) is 100. The number of rotatable bonds is 9. The summed E-state index contributed by atoms with van der Waals surface area (Å²) in [4.78, 5) is 2.46. The van der Waals surface area contributed by atoms with Crippen LogP contribution in [0.3, 0.4) is 0 Å². The molecule has 0 amide bonds. The second kappa shape index (κ2) is 16.6. The van der Waals surface area contributed by atoms with Gasteiger partial charge in [-0.05, 0) is 113 Å². The number of fused-ring (bicyclic) bond motifs is 4. The Balaban J connectivity index is 1.05. The molecule has 0 unspecified atom stereocenters. The van der Waals surface area contributed by atoms with Crippen molar-refractivity contribution in [3.8, 4) is 55.6 Å². The Bertz CT molecular complexity index is 3450. The molecule has 1 nitrogen and oxygen atoms in total. The molecule has 1 aliphatic carbocycles. The summed E-state index contributed by atoms with van der Waals surface area (Å²) in [6.45, 7) is 0. The van der Waals surface area contributed by atoms with Crippen LogP contribution in [-0.4, -0.2) is 0 Å². The standard InChI is InChI=1S/C65H45N/c1-5-19-46(20-6-1)47-33-35-51(36-34-47)64-57-29-14-13-23-49(57)39-43-58(64)50-37-40-54(41-38-50)66(63-32-18-16-28-56(63)48-21-7-2-8-22-48)55-42-44-60-59-30-15-17-31-61(59)65(62(60)45-55,52-24-9-3-10-25-52)53-26-11-4-12-27-53/h1-45H. The molecular weight excluding hydrogens is 795 g/mol. The van der Waals surface area contributed by atoms with E-state index in [0.717, 1.165) is 17.1 Å². The molecule has 11 aromatic carbocycles. The minimum absolute atomic E-state index is 0.523. The molecule has 0 saturated carbocycles. The average molecular weight is 840 g/mol. The van der Waals surface area contributed by atoms with Gasteiger partial charge in [0.25, 0.3) is 0 Å². The van der Waals surface area contributed by atoms with Gasteiger partial charge in [0.2, 0.25) is 0 Å². The summed E-state index contributed by atoms with van der Waals surface area (Å²) in [5.41, 5.74) is 19.9. The smallest absolute Gasteiger partial charge is 0.0714 e. The number of hydrogen-bond donors (Lipinski definition) is 0. The van der Waals surface area contributed by atoms with E-state index in [9.17, 15) is 0 Å². The van der Waals surface area contributed by atoms with E-state index in [1.54, 1.807) is 0 Å². The monoisotopic (exact) mass is 839 g/mol. The van der Waals surface area contributed by atoms with Gasteiger partial charge in [-0.3, -0.25) is 0 Å². The molecule has 0 bridgehead atoms. The summed E-state index contributed by atoms with van der Waals surface area (Å²) >= 11 is 0. The van der Waals surface area contributed by atoms with Crippen LogP contribution < -0.4 is 4.90 Å². The van der Waals surface area contributed by atoms with E-state index in [0.29, 0.717) is 0 Å². The van der Waals surface area contributed by atoms with E-state index in [4.69, 9.17) is 0 Å². The van der Waals surface area contributed by atoms with Crippen LogP contribution >= 0.6 is 0 Å². The van der Waals surface area contributed by atoms with Crippen molar-refractivity contribution in [2.24, 2.45) is 0 Å². The van der Waals surface area contributed by atoms with E-state index < -0.39 is 5.41 Å². The summed E-state index contributed by atoms with van der Waals surface area (Å²) in [6.07, 6.45) is 0. The third-order valence-corrected chi connectivity index (χ3v) is 13.6. The topological polar surface area (TPSA) is 3.24 Å². The Labute approximate surface area is 387 Å². The van der Waals surface area contributed by atoms with E-state index in [2.05, 4.69) is 278 Å². The first-order valence-electron chi connectivity index (χ1n) is 22.8. The van der Waals surface area contributed by atoms with Crippen LogP contribution in [0, 0.1) is 0 Å². The molecule has 0 saturated heterocycles. The third-order valence-electron chi connectivity index (χ3n) is 13.6. The van der Waals surface area contributed by atoms with Crippen molar-refractivity contribution in [1.82, 2.24) is 0 Å². The highest BCUT2D eigenvalue weighted by Gasteiger charge is 2.46. The van der Waals surface area contributed by atoms with Crippen LogP contribution in [0.25, 0.3) is 66.4 Å². The number of benzene rings is 11. The highest BCUT2D eigenvalue weighted by molar-refractivity contribution is 6.04. The fraction of sp³-hybridized carbons (Fsp3) is 0.0154. The fourth-order valence-electron chi connectivity index (χ4n) is 10.6. The maximum atomic E-state index is 2.46. The van der Waals surface area contributed by atoms with Crippen LogP contribution in [0.5, 0.6) is 0 Å². The minimum Gasteiger partial charge on any atom is -0.310 e. The third kappa shape index (κ3) is 6.56. The Morgan fingerprint density at radius 2 is 0.742 bits per heavy atom. The predicted molar refractivity (Wildman–Crippen MR) is 278 cm³/mol. The van der Waals surface area contributed by atoms with Crippen LogP contribution in [0.2, 0.25) is 0 Å². The van der Waals surface area contributed by atoms with Crippen LogP contribution in [0.15, 0.2) is 273 Å². The summed E-state index contributed by atoms with van der Waals surface area (Å²) in [5, 5.41) is 2.47. The lowest BCUT2D eigenvalue weighted by atomic mass is 9.67.